The highest BCUT2D eigenvalue weighted by atomic mass is 31.2. The van der Waals surface area contributed by atoms with Crippen LogP contribution in [0, 0.1) is 20.2 Å². The molecule has 0 fully saturated rings. The molecule has 0 aliphatic heterocycles. The third-order valence-corrected chi connectivity index (χ3v) is 8.31. The summed E-state index contributed by atoms with van der Waals surface area (Å²) in [6, 6.07) is 18.0. The average Bonchev–Trinajstić information content (AvgIpc) is 2.78. The van der Waals surface area contributed by atoms with Gasteiger partial charge in [-0.3, -0.25) is 20.2 Å². The molecule has 3 aromatic carbocycles. The van der Waals surface area contributed by atoms with E-state index in [1.54, 1.807) is 24.3 Å². The second kappa shape index (κ2) is 9.83. The minimum atomic E-state index is -3.71. The van der Waals surface area contributed by atoms with Crippen LogP contribution in [0.3, 0.4) is 0 Å². The standard InChI is InChI=1S/C23H22FN2O5P/c1-17(24)7-4-9-18-8-2-3-14-23(18)32(31,21-12-5-10-19(15-21)25(27)28)22-13-6-11-20(16-22)26(29)30/h2-3,5-6,8,10-17H,4,7,9H2,1H3. The molecule has 0 aliphatic carbocycles. The Balaban J connectivity index is 2.25. The molecule has 0 spiro atoms. The van der Waals surface area contributed by atoms with Crippen molar-refractivity contribution in [3.63, 3.8) is 0 Å². The number of halogens is 1. The van der Waals surface area contributed by atoms with E-state index in [1.165, 1.54) is 55.5 Å². The third-order valence-electron chi connectivity index (χ3n) is 5.19. The number of nitro benzene ring substituents is 2. The van der Waals surface area contributed by atoms with Crippen molar-refractivity contribution in [2.75, 3.05) is 0 Å². The molecule has 3 rings (SSSR count). The van der Waals surface area contributed by atoms with Gasteiger partial charge >= 0.3 is 0 Å². The van der Waals surface area contributed by atoms with Crippen molar-refractivity contribution in [1.29, 1.82) is 0 Å². The van der Waals surface area contributed by atoms with E-state index < -0.39 is 23.2 Å². The predicted octanol–water partition coefficient (Wildman–Crippen LogP) is 4.82. The Morgan fingerprint density at radius 3 is 1.91 bits per heavy atom. The molecule has 0 heterocycles. The zero-order chi connectivity index (χ0) is 23.3. The normalized spacial score (nSPS) is 12.3. The van der Waals surface area contributed by atoms with E-state index >= 15 is 0 Å². The lowest BCUT2D eigenvalue weighted by Crippen LogP contribution is -2.28. The van der Waals surface area contributed by atoms with Crippen molar-refractivity contribution in [2.24, 2.45) is 0 Å². The number of hydrogen-bond acceptors (Lipinski definition) is 5. The number of nitrogens with zero attached hydrogens (tertiary/aromatic N) is 2. The van der Waals surface area contributed by atoms with E-state index in [9.17, 15) is 29.2 Å². The zero-order valence-corrected chi connectivity index (χ0v) is 18.3. The average molecular weight is 456 g/mol. The van der Waals surface area contributed by atoms with Crippen LogP contribution in [0.25, 0.3) is 0 Å². The van der Waals surface area contributed by atoms with Gasteiger partial charge in [0.25, 0.3) is 11.4 Å². The molecule has 7 nitrogen and oxygen atoms in total. The van der Waals surface area contributed by atoms with Crippen molar-refractivity contribution in [3.8, 4) is 0 Å². The number of non-ortho nitro benzene ring substituents is 2. The number of nitro groups is 2. The first-order valence-electron chi connectivity index (χ1n) is 10.1. The second-order valence-corrected chi connectivity index (χ2v) is 10.2. The molecule has 0 N–H and O–H groups in total. The van der Waals surface area contributed by atoms with Crippen LogP contribution < -0.4 is 15.9 Å². The second-order valence-electron chi connectivity index (χ2n) is 7.46. The van der Waals surface area contributed by atoms with Gasteiger partial charge in [0.2, 0.25) is 0 Å². The predicted molar refractivity (Wildman–Crippen MR) is 123 cm³/mol. The van der Waals surface area contributed by atoms with E-state index in [-0.39, 0.29) is 22.0 Å². The Morgan fingerprint density at radius 1 is 0.875 bits per heavy atom. The van der Waals surface area contributed by atoms with Crippen LogP contribution in [-0.2, 0) is 11.0 Å². The van der Waals surface area contributed by atoms with Gasteiger partial charge in [0.1, 0.15) is 0 Å². The fourth-order valence-corrected chi connectivity index (χ4v) is 6.60. The molecule has 0 aromatic heterocycles. The van der Waals surface area contributed by atoms with E-state index in [1.807, 2.05) is 0 Å². The minimum absolute atomic E-state index is 0.207. The van der Waals surface area contributed by atoms with Crippen LogP contribution >= 0.6 is 7.14 Å². The maximum Gasteiger partial charge on any atom is 0.270 e. The maximum atomic E-state index is 14.8. The number of hydrogen-bond donors (Lipinski definition) is 0. The summed E-state index contributed by atoms with van der Waals surface area (Å²) in [4.78, 5) is 21.6. The highest BCUT2D eigenvalue weighted by molar-refractivity contribution is 7.85. The zero-order valence-electron chi connectivity index (χ0n) is 17.4. The Bertz CT molecular complexity index is 1140. The number of rotatable bonds is 9. The molecule has 0 aliphatic rings. The Kier molecular flexibility index (Phi) is 7.15. The van der Waals surface area contributed by atoms with Gasteiger partial charge < -0.3 is 4.57 Å². The highest BCUT2D eigenvalue weighted by Crippen LogP contribution is 2.44. The van der Waals surface area contributed by atoms with E-state index in [0.29, 0.717) is 24.6 Å². The van der Waals surface area contributed by atoms with Gasteiger partial charge in [-0.1, -0.05) is 48.5 Å². The third kappa shape index (κ3) is 4.92. The summed E-state index contributed by atoms with van der Waals surface area (Å²) < 4.78 is 28.1. The lowest BCUT2D eigenvalue weighted by atomic mass is 10.1. The highest BCUT2D eigenvalue weighted by Gasteiger charge is 2.34. The van der Waals surface area contributed by atoms with Crippen LogP contribution in [0.5, 0.6) is 0 Å². The first kappa shape index (κ1) is 23.3. The van der Waals surface area contributed by atoms with Crippen molar-refractivity contribution in [2.45, 2.75) is 32.4 Å². The van der Waals surface area contributed by atoms with E-state index in [0.717, 1.165) is 5.56 Å². The molecular formula is C23H22FN2O5P. The van der Waals surface area contributed by atoms with Crippen LogP contribution in [0.15, 0.2) is 72.8 Å². The molecule has 3 aromatic rings. The largest absolute Gasteiger partial charge is 0.309 e. The molecule has 9 heteroatoms. The van der Waals surface area contributed by atoms with Gasteiger partial charge in [0.05, 0.1) is 16.0 Å². The van der Waals surface area contributed by atoms with Gasteiger partial charge in [-0.2, -0.15) is 0 Å². The fourth-order valence-electron chi connectivity index (χ4n) is 3.64. The molecule has 0 amide bonds. The summed E-state index contributed by atoms with van der Waals surface area (Å²) in [5, 5.41) is 23.6. The summed E-state index contributed by atoms with van der Waals surface area (Å²) in [7, 11) is -3.71. The Labute approximate surface area is 184 Å². The molecule has 0 radical (unpaired) electrons. The van der Waals surface area contributed by atoms with Crippen LogP contribution in [0.1, 0.15) is 25.3 Å². The smallest absolute Gasteiger partial charge is 0.270 e. The summed E-state index contributed by atoms with van der Waals surface area (Å²) in [5.74, 6) is 0. The minimum Gasteiger partial charge on any atom is -0.309 e. The van der Waals surface area contributed by atoms with Crippen LogP contribution in [-0.4, -0.2) is 16.0 Å². The van der Waals surface area contributed by atoms with Gasteiger partial charge in [-0.05, 0) is 31.7 Å². The topological polar surface area (TPSA) is 103 Å². The van der Waals surface area contributed by atoms with E-state index in [4.69, 9.17) is 0 Å². The summed E-state index contributed by atoms with van der Waals surface area (Å²) >= 11 is 0. The Hall–Kier alpha value is -3.38. The Morgan fingerprint density at radius 2 is 1.41 bits per heavy atom. The first-order valence-corrected chi connectivity index (χ1v) is 11.8. The first-order chi connectivity index (χ1) is 15.2. The molecule has 166 valence electrons. The number of alkyl halides is 1. The van der Waals surface area contributed by atoms with Gasteiger partial charge in [0, 0.05) is 40.2 Å². The van der Waals surface area contributed by atoms with Crippen LogP contribution in [0.2, 0.25) is 0 Å². The number of aryl methyl sites for hydroxylation is 1. The van der Waals surface area contributed by atoms with Gasteiger partial charge in [-0.15, -0.1) is 0 Å². The molecule has 0 bridgehead atoms. The summed E-state index contributed by atoms with van der Waals surface area (Å²) in [6.45, 7) is 1.48. The quantitative estimate of drug-likeness (QED) is 0.261. The van der Waals surface area contributed by atoms with Gasteiger partial charge in [-0.25, -0.2) is 4.39 Å². The van der Waals surface area contributed by atoms with Crippen molar-refractivity contribution in [1.82, 2.24) is 0 Å². The monoisotopic (exact) mass is 456 g/mol. The molecule has 1 atom stereocenters. The summed E-state index contributed by atoms with van der Waals surface area (Å²) in [6.07, 6.45) is 0.353. The van der Waals surface area contributed by atoms with Crippen LogP contribution in [0.4, 0.5) is 15.8 Å². The van der Waals surface area contributed by atoms with Gasteiger partial charge in [0.15, 0.2) is 7.14 Å². The van der Waals surface area contributed by atoms with Crippen molar-refractivity contribution < 1.29 is 18.8 Å². The van der Waals surface area contributed by atoms with Crippen molar-refractivity contribution >= 4 is 34.4 Å². The summed E-state index contributed by atoms with van der Waals surface area (Å²) in [5.41, 5.74) is 0.267. The molecule has 1 unspecified atom stereocenters. The fraction of sp³-hybridized carbons (Fsp3) is 0.217. The maximum absolute atomic E-state index is 14.8. The molecule has 0 saturated carbocycles. The van der Waals surface area contributed by atoms with E-state index in [2.05, 4.69) is 0 Å². The molecule has 0 saturated heterocycles. The lowest BCUT2D eigenvalue weighted by Gasteiger charge is -2.22. The lowest BCUT2D eigenvalue weighted by molar-refractivity contribution is -0.384. The SMILES string of the molecule is CC(F)CCCc1ccccc1P(=O)(c1cccc([N+](=O)[O-])c1)c1cccc([N+](=O)[O-])c1. The molecule has 32 heavy (non-hydrogen) atoms. The molecular weight excluding hydrogens is 434 g/mol. The number of benzene rings is 3. The van der Waals surface area contributed by atoms with Crippen molar-refractivity contribution in [3.05, 3.63) is 98.6 Å².